The van der Waals surface area contributed by atoms with Crippen molar-refractivity contribution in [2.45, 2.75) is 33.8 Å². The van der Waals surface area contributed by atoms with E-state index in [0.717, 1.165) is 11.3 Å². The zero-order valence-electron chi connectivity index (χ0n) is 13.3. The molecule has 0 atom stereocenters. The first-order valence-corrected chi connectivity index (χ1v) is 7.34. The number of carbonyl (C=O) groups excluding carboxylic acids is 1. The highest BCUT2D eigenvalue weighted by atomic mass is 16.5. The predicted octanol–water partition coefficient (Wildman–Crippen LogP) is 2.91. The van der Waals surface area contributed by atoms with E-state index in [-0.39, 0.29) is 17.9 Å². The van der Waals surface area contributed by atoms with E-state index in [1.807, 2.05) is 52.0 Å². The smallest absolute Gasteiger partial charge is 0.316 e. The van der Waals surface area contributed by atoms with Crippen LogP contribution in [0.1, 0.15) is 38.4 Å². The topological polar surface area (TPSA) is 77.2 Å². The molecule has 1 N–H and O–H groups in total. The standard InChI is InChI=1S/C16H21N3O3/c1-10(2)9-17-15(20)16-18-14(19-22-16)12-5-7-13(8-6-12)21-11(3)4/h5-8,10-11H,9H2,1-4H3,(H,17,20). The molecule has 0 unspecified atom stereocenters. The van der Waals surface area contributed by atoms with Crippen molar-refractivity contribution in [3.05, 3.63) is 30.2 Å². The van der Waals surface area contributed by atoms with Crippen molar-refractivity contribution in [1.29, 1.82) is 0 Å². The fraction of sp³-hybridized carbons (Fsp3) is 0.438. The lowest BCUT2D eigenvalue weighted by atomic mass is 10.2. The van der Waals surface area contributed by atoms with Crippen LogP contribution < -0.4 is 10.1 Å². The molecule has 0 radical (unpaired) electrons. The number of hydrogen-bond donors (Lipinski definition) is 1. The summed E-state index contributed by atoms with van der Waals surface area (Å²) < 4.78 is 10.6. The fourth-order valence-corrected chi connectivity index (χ4v) is 1.76. The maximum Gasteiger partial charge on any atom is 0.316 e. The minimum Gasteiger partial charge on any atom is -0.491 e. The summed E-state index contributed by atoms with van der Waals surface area (Å²) in [4.78, 5) is 16.0. The Balaban J connectivity index is 2.06. The highest BCUT2D eigenvalue weighted by Gasteiger charge is 2.16. The number of amides is 1. The minimum absolute atomic E-state index is 0.0295. The molecule has 0 fully saturated rings. The molecule has 1 amide bonds. The lowest BCUT2D eigenvalue weighted by Crippen LogP contribution is -2.27. The first-order chi connectivity index (χ1) is 10.5. The van der Waals surface area contributed by atoms with Crippen molar-refractivity contribution in [3.8, 4) is 17.1 Å². The van der Waals surface area contributed by atoms with Crippen molar-refractivity contribution in [1.82, 2.24) is 15.5 Å². The third kappa shape index (κ3) is 4.31. The van der Waals surface area contributed by atoms with Crippen LogP contribution in [0.15, 0.2) is 28.8 Å². The highest BCUT2D eigenvalue weighted by Crippen LogP contribution is 2.20. The molecule has 0 aliphatic carbocycles. The normalized spacial score (nSPS) is 11.0. The molecule has 1 aromatic carbocycles. The summed E-state index contributed by atoms with van der Waals surface area (Å²) in [6.45, 7) is 8.53. The second-order valence-corrected chi connectivity index (χ2v) is 5.72. The van der Waals surface area contributed by atoms with Crippen LogP contribution in [0.2, 0.25) is 0 Å². The molecule has 6 heteroatoms. The van der Waals surface area contributed by atoms with Crippen LogP contribution in [0.3, 0.4) is 0 Å². The van der Waals surface area contributed by atoms with Gasteiger partial charge in [-0.05, 0) is 44.0 Å². The van der Waals surface area contributed by atoms with Gasteiger partial charge in [0, 0.05) is 12.1 Å². The zero-order valence-corrected chi connectivity index (χ0v) is 13.3. The van der Waals surface area contributed by atoms with Gasteiger partial charge in [0.2, 0.25) is 5.82 Å². The van der Waals surface area contributed by atoms with Gasteiger partial charge in [-0.1, -0.05) is 19.0 Å². The van der Waals surface area contributed by atoms with Crippen LogP contribution in [-0.2, 0) is 0 Å². The minimum atomic E-state index is -0.354. The quantitative estimate of drug-likeness (QED) is 0.887. The molecule has 22 heavy (non-hydrogen) atoms. The number of nitrogens with one attached hydrogen (secondary N) is 1. The van der Waals surface area contributed by atoms with E-state index < -0.39 is 0 Å². The average Bonchev–Trinajstić information content (AvgIpc) is 2.94. The molecular formula is C16H21N3O3. The van der Waals surface area contributed by atoms with Crippen LogP contribution in [0.4, 0.5) is 0 Å². The maximum atomic E-state index is 11.8. The van der Waals surface area contributed by atoms with Gasteiger partial charge in [-0.25, -0.2) is 0 Å². The van der Waals surface area contributed by atoms with E-state index in [9.17, 15) is 4.79 Å². The number of carbonyl (C=O) groups is 1. The van der Waals surface area contributed by atoms with Gasteiger partial charge in [0.1, 0.15) is 5.75 Å². The molecule has 0 bridgehead atoms. The van der Waals surface area contributed by atoms with Gasteiger partial charge >= 0.3 is 11.8 Å². The largest absolute Gasteiger partial charge is 0.491 e. The molecule has 118 valence electrons. The zero-order chi connectivity index (χ0) is 16.1. The van der Waals surface area contributed by atoms with Crippen molar-refractivity contribution >= 4 is 5.91 Å². The summed E-state index contributed by atoms with van der Waals surface area (Å²) in [6.07, 6.45) is 0.118. The Morgan fingerprint density at radius 1 is 1.23 bits per heavy atom. The lowest BCUT2D eigenvalue weighted by Gasteiger charge is -2.09. The third-order valence-corrected chi connectivity index (χ3v) is 2.78. The molecule has 2 aromatic rings. The molecule has 0 spiro atoms. The first kappa shape index (κ1) is 16.0. The summed E-state index contributed by atoms with van der Waals surface area (Å²) in [5.41, 5.74) is 0.766. The van der Waals surface area contributed by atoms with Crippen molar-refractivity contribution in [2.75, 3.05) is 6.54 Å². The van der Waals surface area contributed by atoms with Gasteiger partial charge in [-0.2, -0.15) is 4.98 Å². The number of benzene rings is 1. The SMILES string of the molecule is CC(C)CNC(=O)c1nc(-c2ccc(OC(C)C)cc2)no1. The van der Waals surface area contributed by atoms with Crippen LogP contribution in [-0.4, -0.2) is 28.7 Å². The van der Waals surface area contributed by atoms with Gasteiger partial charge in [0.15, 0.2) is 0 Å². The second-order valence-electron chi connectivity index (χ2n) is 5.72. The number of ether oxygens (including phenoxy) is 1. The second kappa shape index (κ2) is 7.06. The molecule has 1 aromatic heterocycles. The Bertz CT molecular complexity index is 618. The van der Waals surface area contributed by atoms with E-state index in [0.29, 0.717) is 18.3 Å². The van der Waals surface area contributed by atoms with E-state index in [1.165, 1.54) is 0 Å². The Morgan fingerprint density at radius 2 is 1.91 bits per heavy atom. The molecular weight excluding hydrogens is 282 g/mol. The molecule has 0 saturated carbocycles. The molecule has 2 rings (SSSR count). The summed E-state index contributed by atoms with van der Waals surface area (Å²) in [6, 6.07) is 7.34. The molecule has 6 nitrogen and oxygen atoms in total. The highest BCUT2D eigenvalue weighted by molar-refractivity contribution is 5.89. The van der Waals surface area contributed by atoms with E-state index in [1.54, 1.807) is 0 Å². The van der Waals surface area contributed by atoms with E-state index in [4.69, 9.17) is 9.26 Å². The maximum absolute atomic E-state index is 11.8. The van der Waals surface area contributed by atoms with Gasteiger partial charge in [0.25, 0.3) is 0 Å². The Morgan fingerprint density at radius 3 is 2.50 bits per heavy atom. The van der Waals surface area contributed by atoms with Gasteiger partial charge < -0.3 is 14.6 Å². The fourth-order valence-electron chi connectivity index (χ4n) is 1.76. The predicted molar refractivity (Wildman–Crippen MR) is 82.7 cm³/mol. The van der Waals surface area contributed by atoms with Crippen LogP contribution >= 0.6 is 0 Å². The first-order valence-electron chi connectivity index (χ1n) is 7.34. The van der Waals surface area contributed by atoms with Crippen LogP contribution in [0.5, 0.6) is 5.75 Å². The van der Waals surface area contributed by atoms with Crippen molar-refractivity contribution in [2.24, 2.45) is 5.92 Å². The van der Waals surface area contributed by atoms with Crippen LogP contribution in [0.25, 0.3) is 11.4 Å². The molecule has 0 aliphatic rings. The van der Waals surface area contributed by atoms with E-state index in [2.05, 4.69) is 15.5 Å². The average molecular weight is 303 g/mol. The summed E-state index contributed by atoms with van der Waals surface area (Å²) in [7, 11) is 0. The molecule has 1 heterocycles. The molecule has 0 saturated heterocycles. The van der Waals surface area contributed by atoms with Gasteiger partial charge in [-0.15, -0.1) is 0 Å². The Hall–Kier alpha value is -2.37. The third-order valence-electron chi connectivity index (χ3n) is 2.78. The van der Waals surface area contributed by atoms with E-state index >= 15 is 0 Å². The number of hydrogen-bond acceptors (Lipinski definition) is 5. The number of aromatic nitrogens is 2. The number of rotatable bonds is 6. The lowest BCUT2D eigenvalue weighted by molar-refractivity contribution is 0.0905. The van der Waals surface area contributed by atoms with Crippen LogP contribution in [0, 0.1) is 5.92 Å². The van der Waals surface area contributed by atoms with Gasteiger partial charge in [0.05, 0.1) is 6.10 Å². The van der Waals surface area contributed by atoms with Crippen molar-refractivity contribution in [3.63, 3.8) is 0 Å². The monoisotopic (exact) mass is 303 g/mol. The van der Waals surface area contributed by atoms with Gasteiger partial charge in [-0.3, -0.25) is 4.79 Å². The summed E-state index contributed by atoms with van der Waals surface area (Å²) >= 11 is 0. The Labute approximate surface area is 129 Å². The number of nitrogens with zero attached hydrogens (tertiary/aromatic N) is 2. The summed E-state index contributed by atoms with van der Waals surface area (Å²) in [5, 5.41) is 6.58. The van der Waals surface area contributed by atoms with Crippen molar-refractivity contribution < 1.29 is 14.1 Å². The molecule has 0 aliphatic heterocycles. The Kier molecular flexibility index (Phi) is 5.14. The summed E-state index contributed by atoms with van der Waals surface area (Å²) in [5.74, 6) is 1.13.